The van der Waals surface area contributed by atoms with Crippen LogP contribution < -0.4 is 56.8 Å². The van der Waals surface area contributed by atoms with E-state index in [0.717, 1.165) is 95.2 Å². The number of hydrogen-bond acceptors (Lipinski definition) is 24. The van der Waals surface area contributed by atoms with Crippen molar-refractivity contribution < 1.29 is 202 Å². The van der Waals surface area contributed by atoms with E-state index in [2.05, 4.69) is 0 Å². The number of carbonyl (C=O) groups is 6. The molecule has 0 radical (unpaired) electrons. The van der Waals surface area contributed by atoms with Gasteiger partial charge in [0.05, 0.1) is 118 Å². The summed E-state index contributed by atoms with van der Waals surface area (Å²) < 4.78 is 763. The average Bonchev–Trinajstić information content (AvgIpc) is 0.641. The number of ketones is 6. The number of aryl methyl sites for hydroxylation is 5. The maximum atomic E-state index is 13.9. The molecule has 141 heavy (non-hydrogen) atoms. The van der Waals surface area contributed by atoms with Gasteiger partial charge in [-0.15, -0.1) is 0 Å². The summed E-state index contributed by atoms with van der Waals surface area (Å²) in [6.45, 7) is -29.3. The molecule has 6 aromatic carbocycles. The molecule has 774 valence electrons. The summed E-state index contributed by atoms with van der Waals surface area (Å²) in [6, 6.07) is -5.49. The molecule has 0 aliphatic carbocycles. The Bertz CT molecular complexity index is 9420. The lowest BCUT2D eigenvalue weighted by Crippen LogP contribution is -2.46. The van der Waals surface area contributed by atoms with Gasteiger partial charge in [0.25, 0.3) is 0 Å². The lowest BCUT2D eigenvalue weighted by atomic mass is 9.79. The Balaban J connectivity index is 0.000000215. The molecule has 0 aromatic heterocycles. The smallest absolute Gasteiger partial charge is 0.161 e. The Morgan fingerprint density at radius 2 is 0.589 bits per heavy atom. The van der Waals surface area contributed by atoms with E-state index < -0.39 is 465 Å². The molecule has 24 heteroatoms. The average molecular weight is 2030 g/mol. The Kier molecular flexibility index (Phi) is 15.3. The van der Waals surface area contributed by atoms with E-state index in [9.17, 15) is 32.9 Å². The number of fused-ring (bicyclic) bond motifs is 18. The van der Waals surface area contributed by atoms with Crippen molar-refractivity contribution in [1.29, 1.82) is 0 Å². The van der Waals surface area contributed by atoms with Crippen LogP contribution in [0.4, 0.5) is 0 Å². The van der Waals surface area contributed by atoms with Crippen molar-refractivity contribution in [2.24, 2.45) is 70.9 Å². The van der Waals surface area contributed by atoms with Gasteiger partial charge in [-0.3, -0.25) is 58.2 Å². The summed E-state index contributed by atoms with van der Waals surface area (Å²) in [5, 5.41) is 0. The van der Waals surface area contributed by atoms with Gasteiger partial charge < -0.3 is 56.8 Å². The van der Waals surface area contributed by atoms with Gasteiger partial charge in [-0.2, -0.15) is 0 Å². The zero-order chi connectivity index (χ0) is 176. The zero-order valence-electron chi connectivity index (χ0n) is 164. The van der Waals surface area contributed by atoms with Crippen LogP contribution in [0.3, 0.4) is 0 Å². The molecular formula is C117H168N6O18. The second kappa shape index (κ2) is 50.0. The van der Waals surface area contributed by atoms with E-state index in [0.29, 0.717) is 36.6 Å². The van der Waals surface area contributed by atoms with Gasteiger partial charge >= 0.3 is 0 Å². The van der Waals surface area contributed by atoms with Crippen LogP contribution in [-0.2, 0) is 67.0 Å². The molecular weight excluding hydrogens is 1780 g/mol. The van der Waals surface area contributed by atoms with Crippen molar-refractivity contribution >= 4 is 34.7 Å². The van der Waals surface area contributed by atoms with Gasteiger partial charge in [-0.1, -0.05) is 102 Å². The minimum Gasteiger partial charge on any atom is -0.493 e. The van der Waals surface area contributed by atoms with Gasteiger partial charge in [-0.25, -0.2) is 0 Å². The van der Waals surface area contributed by atoms with Crippen LogP contribution in [0.25, 0.3) is 0 Å². The molecule has 0 spiro atoms. The lowest BCUT2D eigenvalue weighted by Gasteiger charge is -2.43. The third-order valence-corrected chi connectivity index (χ3v) is 23.0. The number of Topliss-reactive ketones (excluding diaryl/α,β-unsaturated/α-hetero) is 6. The summed E-state index contributed by atoms with van der Waals surface area (Å²) in [5.74, 6) is -39.3. The van der Waals surface area contributed by atoms with Gasteiger partial charge in [-0.05, 0) is 252 Å². The standard InChI is InChI=1S/3C20H29NO3.3C19H27NO3/c3*1-5-13(2)8-15-12-21-7-6-14-9-19(23-3)20(24-4)10-16(14)17(21)11-18(15)22;3*1-12(2)7-14-11-20-6-5-13-8-18(22-3)19(23-4)9-15(13)16(20)10-17(14)21/h3*9-10,13,15,17H,5-8,11-12H2,1-4H3;3*8-9,12,14,16H,5-7,10-11H2,1-4H3/i2D3,3D3,5D2,6D2,7D2,8D2,11D2,13D,15D,17D;2D3,3D3,5D2,6D2,7D2,8D2,12D2,13D,17D;2D3,3D3,5D2,6D2,7D2,8D2,13D,17D;3D3,5D2,6D2,10D2,11D2,14D,16D;3D3,5D2,10D2,14D,16D;3D3,5D2,6D2,11D2,16D. The molecule has 12 aliphatic heterocycles. The predicted octanol–water partition coefficient (Wildman–Crippen LogP) is 20.6. The number of methoxy groups -OCH3 is 12. The molecule has 24 nitrogen and oxygen atoms in total. The third-order valence-electron chi connectivity index (χ3n) is 23.0. The fourth-order valence-corrected chi connectivity index (χ4v) is 16.1. The number of ether oxygens (including phenoxy) is 12. The van der Waals surface area contributed by atoms with E-state index in [-0.39, 0.29) is 103 Å². The van der Waals surface area contributed by atoms with Crippen LogP contribution in [0, 0.1) is 70.9 Å². The molecule has 18 rings (SSSR count). The SMILES string of the molecule is [2H]C([2H])([2H])Oc1cc2c(cc1OC)C1([2H])CC(=O)C(C([2H])([2H])C([2H])(C([2H])([2H])[2H])C([2H])([2H])C)C([2H])([2H])N1C([2H])([2H])C2([2H])[2H].[2H]C([2H])([2H])Oc1cc2c(cc1OC)C1([2H])CC(=O)C(C([2H])([2H])C([2H])(C([2H])([2H])[2H])C([2H])([2H])C)CN1C([2H])([2H])C2([2H])[2H].[2H]C([2H])([2H])Oc1cc2c(cc1OC)C1([2H])CC(=O)C(CC(C)C)C([2H])([2H])N1C([2H])([2H])C2([2H])[2H].[2H]C([2H])([2H])Oc1cc2c(cc1OC)C1([2H])N(C([2H])([2H])C([2H])(CC(C)C)C(=O)C1([2H])[2H])C([2H])([2H])C2([2H])[2H].[2H]C([2H])([2H])Oc1cc2c(cc1OC)C1([2H])N(CC([2H])(C([2H])([2H])C([2H])(C([2H])([2H])[2H])C([2H])([2H])C)C(=O)C1([2H])[2H])C([2H])([2H])C2([2H])[2H].[2H]C([2H])([2H])Oc1cc2c(cc1OC)C1([2H])N(CC([2H])(CC(C)C)C(=O)C1([2H])[2H])CC2([2H])[2H]. The van der Waals surface area contributed by atoms with Crippen LogP contribution in [0.15, 0.2) is 72.8 Å². The monoisotopic (exact) mass is 2030 g/mol. The van der Waals surface area contributed by atoms with E-state index in [1.807, 2.05) is 13.8 Å². The summed E-state index contributed by atoms with van der Waals surface area (Å²) in [7, 11) is -11.2. The Hall–Kier alpha value is -9.30. The van der Waals surface area contributed by atoms with Crippen LogP contribution in [0.1, 0.15) is 398 Å². The first kappa shape index (κ1) is 43.0. The maximum absolute atomic E-state index is 13.9. The maximum Gasteiger partial charge on any atom is 0.161 e. The molecule has 6 saturated heterocycles. The largest absolute Gasteiger partial charge is 0.493 e. The molecule has 12 aliphatic rings. The highest BCUT2D eigenvalue weighted by molar-refractivity contribution is 5.86. The number of hydrogen-bond donors (Lipinski definition) is 0. The number of nitrogens with zero attached hydrogens (tertiary/aromatic N) is 6. The lowest BCUT2D eigenvalue weighted by molar-refractivity contribution is -0.130. The fraction of sp³-hybridized carbons (Fsp3) is 0.641. The number of benzene rings is 6. The van der Waals surface area contributed by atoms with Crippen molar-refractivity contribution in [2.75, 3.05) is 163 Å². The second-order valence-corrected chi connectivity index (χ2v) is 33.6. The Morgan fingerprint density at radius 3 is 0.957 bits per heavy atom. The van der Waals surface area contributed by atoms with Crippen molar-refractivity contribution in [3.05, 3.63) is 140 Å². The summed E-state index contributed by atoms with van der Waals surface area (Å²) in [6.07, 6.45) is -52.1. The van der Waals surface area contributed by atoms with Gasteiger partial charge in [0.1, 0.15) is 34.7 Å². The normalized spacial score (nSPS) is 46.4. The highest BCUT2D eigenvalue weighted by Crippen LogP contribution is 2.51. The third kappa shape index (κ3) is 25.6. The van der Waals surface area contributed by atoms with Crippen molar-refractivity contribution in [3.8, 4) is 69.0 Å². The zero-order valence-corrected chi connectivity index (χ0v) is 79.5. The second-order valence-electron chi connectivity index (χ2n) is 33.6. The van der Waals surface area contributed by atoms with Crippen molar-refractivity contribution in [2.45, 2.75) is 253 Å². The molecule has 6 aromatic rings. The molecule has 0 amide bonds. The minimum atomic E-state index is -4.12. The summed E-state index contributed by atoms with van der Waals surface area (Å²) in [4.78, 5) is 83.0. The molecule has 6 fully saturated rings. The molecule has 0 N–H and O–H groups in total. The summed E-state index contributed by atoms with van der Waals surface area (Å²) in [5.41, 5.74) is -5.92. The minimum absolute atomic E-state index is 0.00412. The van der Waals surface area contributed by atoms with E-state index in [4.69, 9.17) is 169 Å². The van der Waals surface area contributed by atoms with Crippen LogP contribution in [0.5, 0.6) is 69.0 Å². The fourth-order valence-electron chi connectivity index (χ4n) is 16.1. The van der Waals surface area contributed by atoms with E-state index >= 15 is 0 Å². The highest BCUT2D eigenvalue weighted by atomic mass is 16.5. The van der Waals surface area contributed by atoms with Crippen LogP contribution in [-0.4, -0.2) is 227 Å². The quantitative estimate of drug-likeness (QED) is 0.0466. The first-order valence-corrected chi connectivity index (χ1v) is 43.8. The predicted molar refractivity (Wildman–Crippen MR) is 555 cm³/mol. The van der Waals surface area contributed by atoms with Gasteiger partial charge in [0.15, 0.2) is 69.0 Å². The number of carbonyl (C=O) groups excluding carboxylic acids is 6. The Labute approximate surface area is 962 Å². The molecule has 0 bridgehead atoms. The molecule has 0 saturated carbocycles. The summed E-state index contributed by atoms with van der Waals surface area (Å²) >= 11 is 0. The van der Waals surface area contributed by atoms with Crippen molar-refractivity contribution in [1.82, 2.24) is 29.4 Å². The highest BCUT2D eigenvalue weighted by Gasteiger charge is 2.47. The van der Waals surface area contributed by atoms with Crippen LogP contribution in [0.2, 0.25) is 0 Å². The number of rotatable bonds is 27. The van der Waals surface area contributed by atoms with E-state index in [1.165, 1.54) is 19.1 Å². The first-order chi connectivity index (χ1) is 99.9. The first-order valence-electron chi connectivity index (χ1n) is 86.3. The molecule has 15 unspecified atom stereocenters. The van der Waals surface area contributed by atoms with Gasteiger partial charge in [0.2, 0.25) is 0 Å². The number of piperidine rings is 6. The van der Waals surface area contributed by atoms with Crippen molar-refractivity contribution in [3.63, 3.8) is 0 Å². The van der Waals surface area contributed by atoms with Gasteiger partial charge in [0, 0.05) is 272 Å². The van der Waals surface area contributed by atoms with E-state index in [1.54, 1.807) is 27.7 Å². The topological polar surface area (TPSA) is 233 Å². The van der Waals surface area contributed by atoms with Crippen LogP contribution >= 0.6 is 0 Å². The molecule has 12 heterocycles. The Morgan fingerprint density at radius 1 is 0.312 bits per heavy atom. The molecule has 15 atom stereocenters.